The smallest absolute Gasteiger partial charge is 0.293 e. The number of H-pyrrole nitrogens is 1. The minimum Gasteiger partial charge on any atom is -0.351 e. The quantitative estimate of drug-likeness (QED) is 0.785. The first kappa shape index (κ1) is 21.4. The van der Waals surface area contributed by atoms with Crippen LogP contribution in [-0.4, -0.2) is 50.5 Å². The van der Waals surface area contributed by atoms with Crippen molar-refractivity contribution in [2.24, 2.45) is 5.92 Å². The van der Waals surface area contributed by atoms with Crippen LogP contribution < -0.4 is 5.56 Å². The lowest BCUT2D eigenvalue weighted by Gasteiger charge is -2.35. The van der Waals surface area contributed by atoms with E-state index in [4.69, 9.17) is 9.51 Å². The van der Waals surface area contributed by atoms with Gasteiger partial charge in [0, 0.05) is 38.7 Å². The summed E-state index contributed by atoms with van der Waals surface area (Å²) in [5.74, 6) is 1.43. The van der Waals surface area contributed by atoms with Gasteiger partial charge < -0.3 is 14.4 Å². The molecule has 2 aromatic rings. The summed E-state index contributed by atoms with van der Waals surface area (Å²) in [5, 5.41) is 3.85. The monoisotopic (exact) mass is 439 g/mol. The second kappa shape index (κ2) is 9.17. The van der Waals surface area contributed by atoms with Crippen LogP contribution in [0.3, 0.4) is 0 Å². The fourth-order valence-corrected chi connectivity index (χ4v) is 5.61. The van der Waals surface area contributed by atoms with Crippen molar-refractivity contribution in [2.75, 3.05) is 19.6 Å². The number of carbonyl (C=O) groups is 1. The summed E-state index contributed by atoms with van der Waals surface area (Å²) in [7, 11) is 0. The molecule has 5 rings (SSSR count). The van der Waals surface area contributed by atoms with Crippen LogP contribution in [0.1, 0.15) is 90.7 Å². The molecule has 2 aliphatic heterocycles. The molecule has 1 aliphatic carbocycles. The second-order valence-electron chi connectivity index (χ2n) is 9.71. The van der Waals surface area contributed by atoms with Crippen LogP contribution in [-0.2, 0) is 13.0 Å². The van der Waals surface area contributed by atoms with Crippen LogP contribution in [0.4, 0.5) is 0 Å². The molecule has 2 aromatic heterocycles. The predicted octanol–water partition coefficient (Wildman–Crippen LogP) is 3.37. The predicted molar refractivity (Wildman–Crippen MR) is 119 cm³/mol. The molecule has 0 bridgehead atoms. The van der Waals surface area contributed by atoms with Gasteiger partial charge in [-0.25, -0.2) is 4.98 Å². The molecule has 1 N–H and O–H groups in total. The highest BCUT2D eigenvalue weighted by Crippen LogP contribution is 2.31. The number of rotatable bonds is 4. The molecule has 1 atom stereocenters. The zero-order valence-electron chi connectivity index (χ0n) is 18.9. The van der Waals surface area contributed by atoms with E-state index in [9.17, 15) is 9.59 Å². The number of likely N-dealkylation sites (tertiary alicyclic amines) is 1. The average molecular weight is 440 g/mol. The second-order valence-corrected chi connectivity index (χ2v) is 9.71. The molecule has 2 fully saturated rings. The third kappa shape index (κ3) is 4.37. The number of aromatic nitrogens is 3. The Morgan fingerprint density at radius 3 is 2.75 bits per heavy atom. The van der Waals surface area contributed by atoms with Crippen molar-refractivity contribution in [1.29, 1.82) is 0 Å². The van der Waals surface area contributed by atoms with E-state index in [0.29, 0.717) is 24.6 Å². The standard InChI is InChI=1S/C24H33N5O3/c1-16-13-21(32-27-16)24(31)29-11-6-5-9-20(29)22-25-19-10-12-28(15-18(19)23(30)26-22)14-17-7-3-2-4-8-17/h13,17,20H,2-12,14-15H2,1H3,(H,25,26,30)/t20-/m0/s1. The highest BCUT2D eigenvalue weighted by atomic mass is 16.5. The van der Waals surface area contributed by atoms with Gasteiger partial charge in [-0.05, 0) is 44.9 Å². The van der Waals surface area contributed by atoms with Gasteiger partial charge in [0.2, 0.25) is 5.76 Å². The van der Waals surface area contributed by atoms with Gasteiger partial charge in [-0.15, -0.1) is 0 Å². The van der Waals surface area contributed by atoms with Gasteiger partial charge in [0.05, 0.1) is 23.0 Å². The molecule has 4 heterocycles. The van der Waals surface area contributed by atoms with Crippen LogP contribution in [0, 0.1) is 12.8 Å². The fourth-order valence-electron chi connectivity index (χ4n) is 5.61. The van der Waals surface area contributed by atoms with Crippen LogP contribution >= 0.6 is 0 Å². The zero-order valence-corrected chi connectivity index (χ0v) is 18.9. The summed E-state index contributed by atoms with van der Waals surface area (Å²) in [6, 6.07) is 1.43. The number of carbonyl (C=O) groups excluding carboxylic acids is 1. The molecule has 172 valence electrons. The Hall–Kier alpha value is -2.48. The molecule has 8 nitrogen and oxygen atoms in total. The summed E-state index contributed by atoms with van der Waals surface area (Å²) in [6.07, 6.45) is 10.2. The number of hydrogen-bond donors (Lipinski definition) is 1. The largest absolute Gasteiger partial charge is 0.351 e. The Morgan fingerprint density at radius 1 is 1.16 bits per heavy atom. The molecule has 0 radical (unpaired) electrons. The van der Waals surface area contributed by atoms with Crippen LogP contribution in [0.2, 0.25) is 0 Å². The third-order valence-corrected chi connectivity index (χ3v) is 7.33. The van der Waals surface area contributed by atoms with E-state index >= 15 is 0 Å². The molecular formula is C24H33N5O3. The van der Waals surface area contributed by atoms with Gasteiger partial charge in [0.15, 0.2) is 0 Å². The van der Waals surface area contributed by atoms with Crippen molar-refractivity contribution < 1.29 is 9.32 Å². The molecular weight excluding hydrogens is 406 g/mol. The molecule has 0 spiro atoms. The van der Waals surface area contributed by atoms with E-state index in [1.165, 1.54) is 32.1 Å². The number of aromatic amines is 1. The zero-order chi connectivity index (χ0) is 22.1. The van der Waals surface area contributed by atoms with Gasteiger partial charge in [-0.1, -0.05) is 24.4 Å². The summed E-state index contributed by atoms with van der Waals surface area (Å²) in [5.41, 5.74) is 2.33. The maximum atomic E-state index is 13.1. The van der Waals surface area contributed by atoms with Crippen LogP contribution in [0.15, 0.2) is 15.4 Å². The molecule has 1 amide bonds. The van der Waals surface area contributed by atoms with Crippen LogP contribution in [0.5, 0.6) is 0 Å². The molecule has 32 heavy (non-hydrogen) atoms. The minimum atomic E-state index is -0.236. The lowest BCUT2D eigenvalue weighted by molar-refractivity contribution is 0.0556. The van der Waals surface area contributed by atoms with E-state index in [1.807, 2.05) is 0 Å². The van der Waals surface area contributed by atoms with Crippen molar-refractivity contribution in [2.45, 2.75) is 77.3 Å². The number of piperidine rings is 1. The van der Waals surface area contributed by atoms with Gasteiger partial charge >= 0.3 is 0 Å². The Balaban J connectivity index is 1.35. The maximum absolute atomic E-state index is 13.1. The Morgan fingerprint density at radius 2 is 1.97 bits per heavy atom. The Labute approximate surface area is 188 Å². The van der Waals surface area contributed by atoms with Gasteiger partial charge in [0.25, 0.3) is 11.5 Å². The molecule has 3 aliphatic rings. The van der Waals surface area contributed by atoms with Gasteiger partial charge in [-0.2, -0.15) is 0 Å². The number of aryl methyl sites for hydroxylation is 1. The first-order chi connectivity index (χ1) is 15.6. The van der Waals surface area contributed by atoms with Crippen molar-refractivity contribution in [3.63, 3.8) is 0 Å². The first-order valence-corrected chi connectivity index (χ1v) is 12.2. The van der Waals surface area contributed by atoms with E-state index in [1.54, 1.807) is 17.9 Å². The maximum Gasteiger partial charge on any atom is 0.293 e. The number of nitrogens with one attached hydrogen (secondary N) is 1. The van der Waals surface area contributed by atoms with Crippen molar-refractivity contribution in [1.82, 2.24) is 24.9 Å². The van der Waals surface area contributed by atoms with Crippen molar-refractivity contribution >= 4 is 5.91 Å². The van der Waals surface area contributed by atoms with Gasteiger partial charge in [0.1, 0.15) is 5.82 Å². The third-order valence-electron chi connectivity index (χ3n) is 7.33. The van der Waals surface area contributed by atoms with Gasteiger partial charge in [-0.3, -0.25) is 14.5 Å². The highest BCUT2D eigenvalue weighted by Gasteiger charge is 2.33. The molecule has 0 unspecified atom stereocenters. The van der Waals surface area contributed by atoms with E-state index in [0.717, 1.165) is 55.9 Å². The first-order valence-electron chi connectivity index (χ1n) is 12.2. The van der Waals surface area contributed by atoms with Crippen molar-refractivity contribution in [3.05, 3.63) is 45.0 Å². The summed E-state index contributed by atoms with van der Waals surface area (Å²) < 4.78 is 5.21. The average Bonchev–Trinajstić information content (AvgIpc) is 3.26. The molecule has 1 saturated carbocycles. The topological polar surface area (TPSA) is 95.3 Å². The van der Waals surface area contributed by atoms with E-state index in [2.05, 4.69) is 15.0 Å². The number of fused-ring (bicyclic) bond motifs is 1. The summed E-state index contributed by atoms with van der Waals surface area (Å²) >= 11 is 0. The SMILES string of the molecule is Cc1cc(C(=O)N2CCCC[C@H]2c2nc3c(c(=O)[nH]2)CN(CC2CCCCC2)CC3)on1. The Kier molecular flexibility index (Phi) is 6.13. The van der Waals surface area contributed by atoms with Crippen LogP contribution in [0.25, 0.3) is 0 Å². The van der Waals surface area contributed by atoms with Crippen molar-refractivity contribution in [3.8, 4) is 0 Å². The normalized spacial score (nSPS) is 22.7. The summed E-state index contributed by atoms with van der Waals surface area (Å²) in [6.45, 7) is 5.14. The number of amides is 1. The number of nitrogens with zero attached hydrogens (tertiary/aromatic N) is 4. The highest BCUT2D eigenvalue weighted by molar-refractivity contribution is 5.91. The lowest BCUT2D eigenvalue weighted by atomic mass is 9.88. The minimum absolute atomic E-state index is 0.0492. The molecule has 0 aromatic carbocycles. The molecule has 8 heteroatoms. The summed E-state index contributed by atoms with van der Waals surface area (Å²) in [4.78, 5) is 38.3. The van der Waals surface area contributed by atoms with E-state index < -0.39 is 0 Å². The van der Waals surface area contributed by atoms with E-state index in [-0.39, 0.29) is 23.3 Å². The molecule has 1 saturated heterocycles. The Bertz CT molecular complexity index is 1020. The lowest BCUT2D eigenvalue weighted by Crippen LogP contribution is -2.42. The number of hydrogen-bond acceptors (Lipinski definition) is 6. The fraction of sp³-hybridized carbons (Fsp3) is 0.667.